The molecule has 2 atom stereocenters. The summed E-state index contributed by atoms with van der Waals surface area (Å²) in [6.07, 6.45) is 10.4. The third kappa shape index (κ3) is 2.94. The molecule has 3 rings (SSSR count). The highest BCUT2D eigenvalue weighted by Crippen LogP contribution is 2.28. The molecule has 5 nitrogen and oxygen atoms in total. The fourth-order valence-electron chi connectivity index (χ4n) is 3.05. The molecule has 0 N–H and O–H groups in total. The standard InChI is InChI=1S/C13H20N3O2.HI/c1-14-6-7-15(10-14)13(17)16-8-9-18-12-5-3-2-4-11(12)16;/h6-7,10-12H,2-5,8-9H2,1H3;1H/q+1;/p-1. The van der Waals surface area contributed by atoms with Crippen LogP contribution >= 0.6 is 0 Å². The smallest absolute Gasteiger partial charge is 0.416 e. The summed E-state index contributed by atoms with van der Waals surface area (Å²) in [5, 5.41) is 0. The summed E-state index contributed by atoms with van der Waals surface area (Å²) in [4.78, 5) is 14.5. The van der Waals surface area contributed by atoms with Crippen LogP contribution in [0.3, 0.4) is 0 Å². The molecule has 2 fully saturated rings. The Morgan fingerprint density at radius 3 is 2.89 bits per heavy atom. The van der Waals surface area contributed by atoms with Crippen molar-refractivity contribution in [3.8, 4) is 0 Å². The van der Waals surface area contributed by atoms with Crippen molar-refractivity contribution in [2.45, 2.75) is 37.8 Å². The molecular weight excluding hydrogens is 357 g/mol. The van der Waals surface area contributed by atoms with Gasteiger partial charge in [0.2, 0.25) is 0 Å². The number of carbonyl (C=O) groups is 1. The zero-order valence-corrected chi connectivity index (χ0v) is 13.3. The molecule has 0 bridgehead atoms. The highest BCUT2D eigenvalue weighted by atomic mass is 127. The molecule has 1 amide bonds. The lowest BCUT2D eigenvalue weighted by Crippen LogP contribution is -3.00. The van der Waals surface area contributed by atoms with Crippen LogP contribution in [0.25, 0.3) is 0 Å². The fraction of sp³-hybridized carbons (Fsp3) is 0.692. The van der Waals surface area contributed by atoms with Crippen LogP contribution in [-0.2, 0) is 11.8 Å². The van der Waals surface area contributed by atoms with E-state index < -0.39 is 0 Å². The van der Waals surface area contributed by atoms with Crippen LogP contribution in [0.4, 0.5) is 4.79 Å². The highest BCUT2D eigenvalue weighted by molar-refractivity contribution is 5.77. The Morgan fingerprint density at radius 1 is 1.37 bits per heavy atom. The topological polar surface area (TPSA) is 38.3 Å². The molecule has 1 aliphatic carbocycles. The summed E-state index contributed by atoms with van der Waals surface area (Å²) >= 11 is 0. The Hall–Kier alpha value is -0.630. The van der Waals surface area contributed by atoms with Gasteiger partial charge in [-0.3, -0.25) is 4.90 Å². The van der Waals surface area contributed by atoms with E-state index in [0.29, 0.717) is 13.2 Å². The van der Waals surface area contributed by atoms with Crippen LogP contribution in [0.15, 0.2) is 18.7 Å². The van der Waals surface area contributed by atoms with Crippen molar-refractivity contribution in [1.29, 1.82) is 0 Å². The van der Waals surface area contributed by atoms with Gasteiger partial charge in [0.15, 0.2) is 0 Å². The Morgan fingerprint density at radius 2 is 2.16 bits per heavy atom. The largest absolute Gasteiger partial charge is 1.00 e. The number of aryl methyl sites for hydroxylation is 1. The minimum Gasteiger partial charge on any atom is -1.00 e. The maximum atomic E-state index is 12.5. The number of rotatable bonds is 0. The highest BCUT2D eigenvalue weighted by Gasteiger charge is 2.38. The van der Waals surface area contributed by atoms with Gasteiger partial charge in [0, 0.05) is 6.54 Å². The van der Waals surface area contributed by atoms with Gasteiger partial charge in [0.1, 0.15) is 12.4 Å². The number of hydrogen-bond donors (Lipinski definition) is 0. The molecule has 1 saturated carbocycles. The first-order chi connectivity index (χ1) is 8.75. The number of ether oxygens (including phenoxy) is 1. The van der Waals surface area contributed by atoms with Gasteiger partial charge in [0.05, 0.1) is 25.8 Å². The summed E-state index contributed by atoms with van der Waals surface area (Å²) in [5.41, 5.74) is 0. The average molecular weight is 377 g/mol. The van der Waals surface area contributed by atoms with E-state index in [2.05, 4.69) is 0 Å². The molecule has 2 heterocycles. The van der Waals surface area contributed by atoms with Crippen LogP contribution < -0.4 is 28.5 Å². The molecule has 19 heavy (non-hydrogen) atoms. The third-order valence-electron chi connectivity index (χ3n) is 3.97. The molecule has 2 unspecified atom stereocenters. The van der Waals surface area contributed by atoms with Crippen molar-refractivity contribution in [2.24, 2.45) is 7.05 Å². The van der Waals surface area contributed by atoms with E-state index in [1.807, 2.05) is 35.2 Å². The average Bonchev–Trinajstić information content (AvgIpc) is 2.84. The van der Waals surface area contributed by atoms with E-state index >= 15 is 0 Å². The number of halogens is 1. The second kappa shape index (κ2) is 6.21. The van der Waals surface area contributed by atoms with Crippen LogP contribution in [-0.4, -0.2) is 40.8 Å². The number of nitrogens with zero attached hydrogens (tertiary/aromatic N) is 3. The lowest BCUT2D eigenvalue weighted by Gasteiger charge is -2.42. The maximum Gasteiger partial charge on any atom is 0.416 e. The van der Waals surface area contributed by atoms with Gasteiger partial charge >= 0.3 is 6.03 Å². The van der Waals surface area contributed by atoms with Crippen molar-refractivity contribution >= 4 is 6.03 Å². The molecule has 0 spiro atoms. The Labute approximate surface area is 130 Å². The normalized spacial score (nSPS) is 26.5. The number of carbonyl (C=O) groups excluding carboxylic acids is 1. The summed E-state index contributed by atoms with van der Waals surface area (Å²) in [7, 11) is 1.92. The van der Waals surface area contributed by atoms with Gasteiger partial charge in [-0.1, -0.05) is 12.8 Å². The number of imidazole rings is 1. The van der Waals surface area contributed by atoms with Gasteiger partial charge in [-0.05, 0) is 12.8 Å². The fourth-order valence-corrected chi connectivity index (χ4v) is 3.05. The second-order valence-corrected chi connectivity index (χ2v) is 5.22. The molecule has 0 radical (unpaired) electrons. The predicted molar refractivity (Wildman–Crippen MR) is 65.1 cm³/mol. The Bertz CT molecular complexity index is 447. The quantitative estimate of drug-likeness (QED) is 0.385. The first-order valence-electron chi connectivity index (χ1n) is 6.71. The monoisotopic (exact) mass is 377 g/mol. The number of aromatic nitrogens is 2. The van der Waals surface area contributed by atoms with Crippen LogP contribution in [0, 0.1) is 0 Å². The van der Waals surface area contributed by atoms with Gasteiger partial charge in [-0.25, -0.2) is 9.36 Å². The summed E-state index contributed by atoms with van der Waals surface area (Å²) in [6, 6.07) is 0.350. The third-order valence-corrected chi connectivity index (χ3v) is 3.97. The molecule has 106 valence electrons. The molecule has 2 aliphatic rings. The van der Waals surface area contributed by atoms with E-state index in [4.69, 9.17) is 4.74 Å². The number of hydrogen-bond acceptors (Lipinski definition) is 2. The zero-order valence-electron chi connectivity index (χ0n) is 11.2. The van der Waals surface area contributed by atoms with E-state index in [9.17, 15) is 4.79 Å². The lowest BCUT2D eigenvalue weighted by atomic mass is 9.90. The second-order valence-electron chi connectivity index (χ2n) is 5.22. The number of fused-ring (bicyclic) bond motifs is 1. The van der Waals surface area contributed by atoms with Crippen molar-refractivity contribution in [3.63, 3.8) is 0 Å². The molecule has 1 saturated heterocycles. The molecular formula is C13H20IN3O2. The van der Waals surface area contributed by atoms with Crippen LogP contribution in [0.1, 0.15) is 25.7 Å². The van der Waals surface area contributed by atoms with Gasteiger partial charge in [-0.2, -0.15) is 4.57 Å². The summed E-state index contributed by atoms with van der Waals surface area (Å²) < 4.78 is 9.34. The van der Waals surface area contributed by atoms with Crippen molar-refractivity contribution < 1.29 is 38.1 Å². The lowest BCUT2D eigenvalue weighted by molar-refractivity contribution is -0.670. The minimum absolute atomic E-state index is 0. The van der Waals surface area contributed by atoms with E-state index in [1.165, 1.54) is 12.8 Å². The molecule has 1 aliphatic heterocycles. The first-order valence-corrected chi connectivity index (χ1v) is 6.71. The predicted octanol–water partition coefficient (Wildman–Crippen LogP) is -2.07. The molecule has 1 aromatic rings. The summed E-state index contributed by atoms with van der Waals surface area (Å²) in [5.74, 6) is 0. The molecule has 1 aromatic heterocycles. The van der Waals surface area contributed by atoms with E-state index in [0.717, 1.165) is 12.8 Å². The molecule has 0 aromatic carbocycles. The van der Waals surface area contributed by atoms with E-state index in [-0.39, 0.29) is 42.2 Å². The zero-order chi connectivity index (χ0) is 12.5. The van der Waals surface area contributed by atoms with Gasteiger partial charge < -0.3 is 28.7 Å². The van der Waals surface area contributed by atoms with Gasteiger partial charge in [0.25, 0.3) is 6.33 Å². The first kappa shape index (κ1) is 14.8. The Balaban J connectivity index is 0.00000133. The summed E-state index contributed by atoms with van der Waals surface area (Å²) in [6.45, 7) is 1.38. The molecule has 6 heteroatoms. The van der Waals surface area contributed by atoms with Crippen molar-refractivity contribution in [3.05, 3.63) is 18.7 Å². The Kier molecular flexibility index (Phi) is 4.83. The maximum absolute atomic E-state index is 12.5. The SMILES string of the molecule is C[n+]1ccn(C(=O)N2CCOC3CCCCC32)c1.[I-]. The van der Waals surface area contributed by atoms with Crippen LogP contribution in [0.5, 0.6) is 0 Å². The number of amides is 1. The van der Waals surface area contributed by atoms with E-state index in [1.54, 1.807) is 4.57 Å². The number of morpholine rings is 1. The van der Waals surface area contributed by atoms with Crippen LogP contribution in [0.2, 0.25) is 0 Å². The van der Waals surface area contributed by atoms with Crippen molar-refractivity contribution in [1.82, 2.24) is 9.47 Å². The van der Waals surface area contributed by atoms with Gasteiger partial charge in [-0.15, -0.1) is 0 Å². The van der Waals surface area contributed by atoms with Crippen molar-refractivity contribution in [2.75, 3.05) is 13.2 Å². The minimum atomic E-state index is 0.